The molecule has 0 amide bonds. The van der Waals surface area contributed by atoms with E-state index < -0.39 is 21.7 Å². The van der Waals surface area contributed by atoms with Gasteiger partial charge in [-0.3, -0.25) is 0 Å². The van der Waals surface area contributed by atoms with E-state index in [1.807, 2.05) is 0 Å². The van der Waals surface area contributed by atoms with Gasteiger partial charge in [-0.25, -0.2) is 17.8 Å². The first-order chi connectivity index (χ1) is 8.69. The first-order valence-electron chi connectivity index (χ1n) is 5.49. The highest BCUT2D eigenvalue weighted by Crippen LogP contribution is 2.27. The minimum absolute atomic E-state index is 0.0482. The van der Waals surface area contributed by atoms with Gasteiger partial charge < -0.3 is 10.3 Å². The number of sulfone groups is 1. The topological polar surface area (TPSA) is 78.0 Å². The fraction of sp³-hybridized carbons (Fsp3) is 0.364. The number of benzene rings is 1. The number of nitrogen functional groups attached to an aromatic ring is 1. The monoisotopic (exact) mass is 305 g/mol. The third kappa shape index (κ3) is 2.82. The molecule has 0 spiro atoms. The van der Waals surface area contributed by atoms with Crippen molar-refractivity contribution in [3.05, 3.63) is 23.0 Å². The summed E-state index contributed by atoms with van der Waals surface area (Å²) >= 11 is 5.67. The lowest BCUT2D eigenvalue weighted by atomic mass is 10.3. The Morgan fingerprint density at radius 1 is 1.53 bits per heavy atom. The van der Waals surface area contributed by atoms with E-state index in [2.05, 4.69) is 4.98 Å². The molecule has 104 valence electrons. The Bertz CT molecular complexity index is 742. The second kappa shape index (κ2) is 4.64. The first-order valence-corrected chi connectivity index (χ1v) is 7.93. The maximum Gasteiger partial charge on any atom is 0.201 e. The number of nitrogens with two attached hydrogens (primary N) is 1. The van der Waals surface area contributed by atoms with E-state index in [0.717, 1.165) is 6.26 Å². The van der Waals surface area contributed by atoms with Crippen LogP contribution in [0.25, 0.3) is 11.0 Å². The summed E-state index contributed by atoms with van der Waals surface area (Å²) in [5.74, 6) is -0.568. The minimum atomic E-state index is -3.18. The van der Waals surface area contributed by atoms with Crippen molar-refractivity contribution < 1.29 is 12.8 Å². The van der Waals surface area contributed by atoms with Gasteiger partial charge in [0.2, 0.25) is 5.95 Å². The van der Waals surface area contributed by atoms with Gasteiger partial charge in [-0.1, -0.05) is 11.6 Å². The molecule has 0 bridgehead atoms. The van der Waals surface area contributed by atoms with Crippen LogP contribution in [0.4, 0.5) is 10.3 Å². The zero-order chi connectivity index (χ0) is 14.4. The van der Waals surface area contributed by atoms with Crippen molar-refractivity contribution in [3.63, 3.8) is 0 Å². The summed E-state index contributed by atoms with van der Waals surface area (Å²) in [7, 11) is -3.18. The molecule has 0 radical (unpaired) electrons. The molecule has 0 aliphatic carbocycles. The Morgan fingerprint density at radius 2 is 2.16 bits per heavy atom. The molecule has 1 aromatic carbocycles. The summed E-state index contributed by atoms with van der Waals surface area (Å²) < 4.78 is 37.7. The Hall–Kier alpha value is -1.34. The van der Waals surface area contributed by atoms with Crippen LogP contribution in [0.1, 0.15) is 13.0 Å². The van der Waals surface area contributed by atoms with Crippen molar-refractivity contribution in [2.24, 2.45) is 0 Å². The van der Waals surface area contributed by atoms with Crippen LogP contribution in [-0.2, 0) is 9.84 Å². The highest BCUT2D eigenvalue weighted by Gasteiger charge is 2.19. The van der Waals surface area contributed by atoms with Crippen molar-refractivity contribution in [3.8, 4) is 0 Å². The molecule has 2 aromatic rings. The summed E-state index contributed by atoms with van der Waals surface area (Å²) in [4.78, 5) is 4.06. The van der Waals surface area contributed by atoms with Crippen molar-refractivity contribution in [2.75, 3.05) is 17.7 Å². The van der Waals surface area contributed by atoms with Crippen LogP contribution in [0, 0.1) is 5.82 Å². The third-order valence-corrected chi connectivity index (χ3v) is 4.12. The first kappa shape index (κ1) is 14.1. The average Bonchev–Trinajstić information content (AvgIpc) is 2.52. The fourth-order valence-corrected chi connectivity index (χ4v) is 3.27. The summed E-state index contributed by atoms with van der Waals surface area (Å²) in [5, 5.41) is -0.0482. The standard InChI is InChI=1S/C11H13ClFN3O2S/c1-6(5-19(2,17)18)16-10-4-8(13)7(12)3-9(10)15-11(16)14/h3-4,6H,5H2,1-2H3,(H2,14,15). The van der Waals surface area contributed by atoms with E-state index in [1.54, 1.807) is 6.92 Å². The Kier molecular flexibility index (Phi) is 3.44. The van der Waals surface area contributed by atoms with E-state index in [4.69, 9.17) is 17.3 Å². The molecule has 5 nitrogen and oxygen atoms in total. The molecule has 1 heterocycles. The molecule has 0 aliphatic heterocycles. The lowest BCUT2D eigenvalue weighted by Gasteiger charge is -2.14. The van der Waals surface area contributed by atoms with Crippen LogP contribution in [0.2, 0.25) is 5.02 Å². The second-order valence-corrected chi connectivity index (χ2v) is 7.13. The third-order valence-electron chi connectivity index (χ3n) is 2.74. The maximum atomic E-state index is 13.5. The molecule has 1 unspecified atom stereocenters. The van der Waals surface area contributed by atoms with Gasteiger partial charge in [0.05, 0.1) is 21.8 Å². The summed E-state index contributed by atoms with van der Waals surface area (Å²) in [6, 6.07) is 2.13. The number of aromatic nitrogens is 2. The van der Waals surface area contributed by atoms with Crippen molar-refractivity contribution >= 4 is 38.4 Å². The lowest BCUT2D eigenvalue weighted by molar-refractivity contribution is 0.571. The van der Waals surface area contributed by atoms with Crippen LogP contribution >= 0.6 is 11.6 Å². The Labute approximate surface area is 115 Å². The van der Waals surface area contributed by atoms with Gasteiger partial charge >= 0.3 is 0 Å². The largest absolute Gasteiger partial charge is 0.369 e. The van der Waals surface area contributed by atoms with Crippen LogP contribution < -0.4 is 5.73 Å². The molecule has 19 heavy (non-hydrogen) atoms. The van der Waals surface area contributed by atoms with E-state index in [9.17, 15) is 12.8 Å². The van der Waals surface area contributed by atoms with E-state index in [0.29, 0.717) is 11.0 Å². The highest BCUT2D eigenvalue weighted by molar-refractivity contribution is 7.90. The molecule has 8 heteroatoms. The molecular formula is C11H13ClFN3O2S. The van der Waals surface area contributed by atoms with Gasteiger partial charge in [0.25, 0.3) is 0 Å². The zero-order valence-electron chi connectivity index (χ0n) is 10.4. The van der Waals surface area contributed by atoms with Crippen LogP contribution in [0.5, 0.6) is 0 Å². The molecule has 2 N–H and O–H groups in total. The van der Waals surface area contributed by atoms with Gasteiger partial charge in [0, 0.05) is 18.4 Å². The number of fused-ring (bicyclic) bond motifs is 1. The summed E-state index contributed by atoms with van der Waals surface area (Å²) in [6.45, 7) is 1.69. The average molecular weight is 306 g/mol. The van der Waals surface area contributed by atoms with Crippen LogP contribution in [-0.4, -0.2) is 30.0 Å². The van der Waals surface area contributed by atoms with Crippen molar-refractivity contribution in [1.29, 1.82) is 0 Å². The number of imidazole rings is 1. The minimum Gasteiger partial charge on any atom is -0.369 e. The van der Waals surface area contributed by atoms with Gasteiger partial charge in [-0.05, 0) is 13.0 Å². The molecule has 0 aliphatic rings. The van der Waals surface area contributed by atoms with Gasteiger partial charge in [-0.2, -0.15) is 0 Å². The van der Waals surface area contributed by atoms with Crippen LogP contribution in [0.15, 0.2) is 12.1 Å². The normalized spacial score (nSPS) is 13.9. The number of halogens is 2. The quantitative estimate of drug-likeness (QED) is 0.941. The maximum absolute atomic E-state index is 13.5. The Morgan fingerprint density at radius 3 is 2.74 bits per heavy atom. The van der Waals surface area contributed by atoms with E-state index in [-0.39, 0.29) is 16.7 Å². The van der Waals surface area contributed by atoms with Crippen molar-refractivity contribution in [2.45, 2.75) is 13.0 Å². The molecule has 0 fully saturated rings. The van der Waals surface area contributed by atoms with E-state index in [1.165, 1.54) is 16.7 Å². The lowest BCUT2D eigenvalue weighted by Crippen LogP contribution is -2.18. The van der Waals surface area contributed by atoms with Gasteiger partial charge in [-0.15, -0.1) is 0 Å². The Balaban J connectivity index is 2.60. The summed E-state index contributed by atoms with van der Waals surface area (Å²) in [5.41, 5.74) is 6.63. The highest BCUT2D eigenvalue weighted by atomic mass is 35.5. The van der Waals surface area contributed by atoms with Gasteiger partial charge in [0.1, 0.15) is 15.7 Å². The number of hydrogen-bond acceptors (Lipinski definition) is 4. The smallest absolute Gasteiger partial charge is 0.201 e. The van der Waals surface area contributed by atoms with Crippen molar-refractivity contribution in [1.82, 2.24) is 9.55 Å². The summed E-state index contributed by atoms with van der Waals surface area (Å²) in [6.07, 6.45) is 1.14. The van der Waals surface area contributed by atoms with Crippen LogP contribution in [0.3, 0.4) is 0 Å². The molecular weight excluding hydrogens is 293 g/mol. The molecule has 1 atom stereocenters. The molecule has 2 rings (SSSR count). The van der Waals surface area contributed by atoms with Gasteiger partial charge in [0.15, 0.2) is 0 Å². The number of nitrogens with zero attached hydrogens (tertiary/aromatic N) is 2. The molecule has 0 saturated heterocycles. The predicted octanol–water partition coefficient (Wildman–Crippen LogP) is 2.02. The fourth-order valence-electron chi connectivity index (χ4n) is 2.08. The van der Waals surface area contributed by atoms with E-state index >= 15 is 0 Å². The molecule has 0 saturated carbocycles. The SMILES string of the molecule is CC(CS(C)(=O)=O)n1c(N)nc2cc(Cl)c(F)cc21. The predicted molar refractivity (Wildman–Crippen MR) is 73.5 cm³/mol. The number of rotatable bonds is 3. The number of anilines is 1. The number of hydrogen-bond donors (Lipinski definition) is 1. The molecule has 1 aromatic heterocycles. The zero-order valence-corrected chi connectivity index (χ0v) is 12.0. The second-order valence-electron chi connectivity index (χ2n) is 4.54.